The first-order chi connectivity index (χ1) is 9.99. The highest BCUT2D eigenvalue weighted by Gasteiger charge is 2.33. The number of para-hydroxylation sites is 1. The van der Waals surface area contributed by atoms with Crippen LogP contribution in [0, 0.1) is 5.92 Å². The van der Waals surface area contributed by atoms with Crippen LogP contribution in [0.4, 0.5) is 5.69 Å². The molecular weight excluding hydrogens is 288 g/mol. The van der Waals surface area contributed by atoms with E-state index in [1.165, 1.54) is 0 Å². The Hall–Kier alpha value is -1.56. The van der Waals surface area contributed by atoms with Crippen molar-refractivity contribution in [3.8, 4) is 0 Å². The molecule has 1 amide bonds. The number of amides is 1. The number of hydrogen-bond donors (Lipinski definition) is 2. The Balaban J connectivity index is 2.26. The second kappa shape index (κ2) is 6.47. The van der Waals surface area contributed by atoms with Gasteiger partial charge >= 0.3 is 0 Å². The van der Waals surface area contributed by atoms with Crippen molar-refractivity contribution in [3.63, 3.8) is 0 Å². The van der Waals surface area contributed by atoms with Gasteiger partial charge < -0.3 is 10.6 Å². The molecule has 0 radical (unpaired) electrons. The number of nitrogens with one attached hydrogen (secondary N) is 2. The maximum atomic E-state index is 12.1. The summed E-state index contributed by atoms with van der Waals surface area (Å²) in [6.45, 7) is 1.63. The summed E-state index contributed by atoms with van der Waals surface area (Å²) in [6.07, 6.45) is 2.68. The third kappa shape index (κ3) is 3.37. The number of benzene rings is 1. The van der Waals surface area contributed by atoms with Gasteiger partial charge in [0.1, 0.15) is 0 Å². The lowest BCUT2D eigenvalue weighted by Crippen LogP contribution is -2.36. The van der Waals surface area contributed by atoms with Crippen LogP contribution < -0.4 is 10.6 Å². The van der Waals surface area contributed by atoms with Crippen LogP contribution in [0.1, 0.15) is 26.2 Å². The average molecular weight is 310 g/mol. The molecule has 1 aliphatic rings. The van der Waals surface area contributed by atoms with Crippen molar-refractivity contribution in [1.82, 2.24) is 5.32 Å². The lowest BCUT2D eigenvalue weighted by molar-refractivity contribution is -0.124. The van der Waals surface area contributed by atoms with Gasteiger partial charge in [0.25, 0.3) is 0 Å². The lowest BCUT2D eigenvalue weighted by Gasteiger charge is -2.22. The second-order valence-corrected chi connectivity index (χ2v) is 7.55. The van der Waals surface area contributed by atoms with E-state index in [0.29, 0.717) is 10.6 Å². The van der Waals surface area contributed by atoms with Crippen molar-refractivity contribution in [3.05, 3.63) is 24.3 Å². The molecule has 6 heteroatoms. The molecule has 1 saturated carbocycles. The first-order valence-electron chi connectivity index (χ1n) is 7.29. The van der Waals surface area contributed by atoms with Gasteiger partial charge in [-0.3, -0.25) is 4.79 Å². The van der Waals surface area contributed by atoms with Crippen LogP contribution in [0.2, 0.25) is 0 Å². The summed E-state index contributed by atoms with van der Waals surface area (Å²) in [4.78, 5) is 12.2. The van der Waals surface area contributed by atoms with Crippen LogP contribution in [0.3, 0.4) is 0 Å². The van der Waals surface area contributed by atoms with Gasteiger partial charge in [-0.25, -0.2) is 8.42 Å². The van der Waals surface area contributed by atoms with E-state index in [-0.39, 0.29) is 23.6 Å². The Kier molecular flexibility index (Phi) is 4.88. The second-order valence-electron chi connectivity index (χ2n) is 5.30. The van der Waals surface area contributed by atoms with Crippen molar-refractivity contribution in [2.75, 3.05) is 18.1 Å². The van der Waals surface area contributed by atoms with E-state index in [2.05, 4.69) is 10.6 Å². The fourth-order valence-corrected chi connectivity index (χ4v) is 3.90. The van der Waals surface area contributed by atoms with Crippen molar-refractivity contribution < 1.29 is 13.2 Å². The largest absolute Gasteiger partial charge is 0.380 e. The summed E-state index contributed by atoms with van der Waals surface area (Å²) in [6, 6.07) is 6.89. The predicted octanol–water partition coefficient (Wildman–Crippen LogP) is 1.81. The Morgan fingerprint density at radius 3 is 2.67 bits per heavy atom. The minimum Gasteiger partial charge on any atom is -0.380 e. The zero-order valence-corrected chi connectivity index (χ0v) is 13.2. The van der Waals surface area contributed by atoms with E-state index in [4.69, 9.17) is 0 Å². The van der Waals surface area contributed by atoms with E-state index in [0.717, 1.165) is 19.3 Å². The van der Waals surface area contributed by atoms with Gasteiger partial charge in [-0.2, -0.15) is 0 Å². The molecule has 0 saturated heterocycles. The van der Waals surface area contributed by atoms with Crippen molar-refractivity contribution in [2.24, 2.45) is 5.92 Å². The third-order valence-corrected chi connectivity index (χ3v) is 5.83. The Morgan fingerprint density at radius 1 is 1.29 bits per heavy atom. The highest BCUT2D eigenvalue weighted by atomic mass is 32.2. The predicted molar refractivity (Wildman–Crippen MR) is 83.0 cm³/mol. The van der Waals surface area contributed by atoms with E-state index in [9.17, 15) is 13.2 Å². The van der Waals surface area contributed by atoms with Crippen LogP contribution in [-0.4, -0.2) is 33.2 Å². The van der Waals surface area contributed by atoms with Crippen LogP contribution in [0.25, 0.3) is 0 Å². The molecule has 0 aromatic heterocycles. The zero-order valence-electron chi connectivity index (χ0n) is 12.4. The fourth-order valence-electron chi connectivity index (χ4n) is 2.84. The maximum Gasteiger partial charge on any atom is 0.224 e. The fraction of sp³-hybridized carbons (Fsp3) is 0.533. The summed E-state index contributed by atoms with van der Waals surface area (Å²) in [5.41, 5.74) is 0.597. The molecule has 5 nitrogen and oxygen atoms in total. The maximum absolute atomic E-state index is 12.1. The minimum atomic E-state index is -3.28. The molecular formula is C15H22N2O3S. The molecule has 0 spiro atoms. The van der Waals surface area contributed by atoms with Gasteiger partial charge in [0.15, 0.2) is 9.84 Å². The number of carbonyl (C=O) groups excluding carboxylic acids is 1. The Bertz CT molecular complexity index is 613. The SMILES string of the molecule is CCS(=O)(=O)c1ccccc1N[C@@H]1CCC[C@H]1C(=O)NC. The summed E-state index contributed by atoms with van der Waals surface area (Å²) < 4.78 is 24.3. The van der Waals surface area contributed by atoms with E-state index in [1.54, 1.807) is 38.2 Å². The smallest absolute Gasteiger partial charge is 0.224 e. The summed E-state index contributed by atoms with van der Waals surface area (Å²) in [7, 11) is -1.64. The van der Waals surface area contributed by atoms with E-state index >= 15 is 0 Å². The van der Waals surface area contributed by atoms with Gasteiger partial charge in [-0.1, -0.05) is 25.5 Å². The monoisotopic (exact) mass is 310 g/mol. The summed E-state index contributed by atoms with van der Waals surface area (Å²) in [5.74, 6) is -0.0249. The Morgan fingerprint density at radius 2 is 2.00 bits per heavy atom. The van der Waals surface area contributed by atoms with Gasteiger partial charge in [-0.05, 0) is 25.0 Å². The van der Waals surface area contributed by atoms with E-state index in [1.807, 2.05) is 0 Å². The molecule has 2 rings (SSSR count). The molecule has 2 N–H and O–H groups in total. The average Bonchev–Trinajstić information content (AvgIpc) is 2.95. The first kappa shape index (κ1) is 15.8. The topological polar surface area (TPSA) is 75.3 Å². The van der Waals surface area contributed by atoms with Gasteiger partial charge in [0.05, 0.1) is 22.3 Å². The molecule has 1 aromatic carbocycles. The Labute approximate surface area is 126 Å². The van der Waals surface area contributed by atoms with Crippen molar-refractivity contribution >= 4 is 21.4 Å². The van der Waals surface area contributed by atoms with Crippen LogP contribution in [0.5, 0.6) is 0 Å². The summed E-state index contributed by atoms with van der Waals surface area (Å²) in [5, 5.41) is 5.96. The van der Waals surface area contributed by atoms with Crippen LogP contribution in [0.15, 0.2) is 29.2 Å². The molecule has 0 aliphatic heterocycles. The third-order valence-electron chi connectivity index (χ3n) is 4.04. The molecule has 0 unspecified atom stereocenters. The summed E-state index contributed by atoms with van der Waals surface area (Å²) >= 11 is 0. The number of rotatable bonds is 5. The molecule has 21 heavy (non-hydrogen) atoms. The molecule has 0 bridgehead atoms. The first-order valence-corrected chi connectivity index (χ1v) is 8.94. The number of carbonyl (C=O) groups is 1. The molecule has 116 valence electrons. The molecule has 0 heterocycles. The van der Waals surface area contributed by atoms with E-state index < -0.39 is 9.84 Å². The molecule has 1 fully saturated rings. The number of hydrogen-bond acceptors (Lipinski definition) is 4. The highest BCUT2D eigenvalue weighted by Crippen LogP contribution is 2.31. The standard InChI is InChI=1S/C15H22N2O3S/c1-3-21(19,20)14-10-5-4-8-13(14)17-12-9-6-7-11(12)15(18)16-2/h4-5,8,10-12,17H,3,6-7,9H2,1-2H3,(H,16,18)/t11-,12-/m1/s1. The quantitative estimate of drug-likeness (QED) is 0.869. The van der Waals surface area contributed by atoms with Crippen molar-refractivity contribution in [2.45, 2.75) is 37.1 Å². The van der Waals surface area contributed by atoms with Gasteiger partial charge in [0, 0.05) is 13.1 Å². The van der Waals surface area contributed by atoms with Crippen molar-refractivity contribution in [1.29, 1.82) is 0 Å². The number of sulfone groups is 1. The molecule has 1 aromatic rings. The van der Waals surface area contributed by atoms with Crippen LogP contribution >= 0.6 is 0 Å². The van der Waals surface area contributed by atoms with Gasteiger partial charge in [-0.15, -0.1) is 0 Å². The zero-order chi connectivity index (χ0) is 15.5. The van der Waals surface area contributed by atoms with Gasteiger partial charge in [0.2, 0.25) is 5.91 Å². The molecule has 2 atom stereocenters. The molecule has 1 aliphatic carbocycles. The number of anilines is 1. The lowest BCUT2D eigenvalue weighted by atomic mass is 10.0. The normalized spacial score (nSPS) is 22.0. The minimum absolute atomic E-state index is 0.0147. The van der Waals surface area contributed by atoms with Crippen LogP contribution in [-0.2, 0) is 14.6 Å². The highest BCUT2D eigenvalue weighted by molar-refractivity contribution is 7.91.